The number of benzene rings is 2. The number of nitrogen functional groups attached to an aromatic ring is 1. The molecule has 4 rings (SSSR count). The Morgan fingerprint density at radius 1 is 1.07 bits per heavy atom. The van der Waals surface area contributed by atoms with Crippen molar-refractivity contribution < 1.29 is 13.6 Å². The molecular weight excluding hydrogens is 516 g/mol. The van der Waals surface area contributed by atoms with Crippen molar-refractivity contribution in [1.82, 2.24) is 19.8 Å². The average molecular weight is 550 g/mol. The molecule has 5 N–H and O–H groups in total. The molecule has 0 saturated carbocycles. The summed E-state index contributed by atoms with van der Waals surface area (Å²) in [6, 6.07) is 8.66. The van der Waals surface area contributed by atoms with Crippen LogP contribution in [0.1, 0.15) is 5.56 Å². The molecule has 0 radical (unpaired) electrons. The van der Waals surface area contributed by atoms with Gasteiger partial charge in [-0.05, 0) is 57.5 Å². The number of likely N-dealkylation sites (N-methyl/N-ethyl adjacent to an activating group) is 2. The van der Waals surface area contributed by atoms with E-state index in [9.17, 15) is 9.18 Å². The number of nitrogens with one attached hydrogen (secondary N) is 3. The number of nitrogens with zero attached hydrogens (tertiary/aromatic N) is 5. The Labute approximate surface area is 232 Å². The highest BCUT2D eigenvalue weighted by Crippen LogP contribution is 2.31. The molecule has 0 atom stereocenters. The summed E-state index contributed by atoms with van der Waals surface area (Å²) in [5, 5.41) is 13.6. The first kappa shape index (κ1) is 28.6. The zero-order valence-corrected chi connectivity index (χ0v) is 22.7. The van der Waals surface area contributed by atoms with Crippen LogP contribution in [0.4, 0.5) is 37.6 Å². The SMILES string of the molecule is CN(C)C/C=C/C(=O)Nc1ccc(F)c(-c2nc(Nc3ccc(F)c(N4CCN(C)CC4)c3)nc(N)c2C=N)c1. The maximum atomic E-state index is 15.0. The van der Waals surface area contributed by atoms with Crippen LogP contribution in [-0.2, 0) is 4.79 Å². The Morgan fingerprint density at radius 2 is 1.77 bits per heavy atom. The van der Waals surface area contributed by atoms with Crippen LogP contribution in [0, 0.1) is 17.0 Å². The van der Waals surface area contributed by atoms with Gasteiger partial charge in [0, 0.05) is 62.0 Å². The van der Waals surface area contributed by atoms with Gasteiger partial charge in [-0.2, -0.15) is 4.98 Å². The van der Waals surface area contributed by atoms with Crippen molar-refractivity contribution in [2.45, 2.75) is 0 Å². The van der Waals surface area contributed by atoms with Crippen LogP contribution in [0.25, 0.3) is 11.3 Å². The van der Waals surface area contributed by atoms with Crippen molar-refractivity contribution in [2.24, 2.45) is 0 Å². The Morgan fingerprint density at radius 3 is 2.48 bits per heavy atom. The lowest BCUT2D eigenvalue weighted by atomic mass is 10.1. The first-order chi connectivity index (χ1) is 19.1. The van der Waals surface area contributed by atoms with Crippen molar-refractivity contribution in [3.8, 4) is 11.3 Å². The van der Waals surface area contributed by atoms with Crippen LogP contribution in [0.15, 0.2) is 48.6 Å². The van der Waals surface area contributed by atoms with E-state index in [0.29, 0.717) is 36.7 Å². The molecule has 10 nitrogen and oxygen atoms in total. The summed E-state index contributed by atoms with van der Waals surface area (Å²) >= 11 is 0. The third-order valence-corrected chi connectivity index (χ3v) is 6.39. The Kier molecular flexibility index (Phi) is 9.02. The molecule has 1 aliphatic rings. The number of rotatable bonds is 9. The first-order valence-electron chi connectivity index (χ1n) is 12.7. The Hall–Kier alpha value is -4.42. The molecule has 12 heteroatoms. The van der Waals surface area contributed by atoms with Gasteiger partial charge in [0.25, 0.3) is 0 Å². The molecule has 0 bridgehead atoms. The second-order valence-corrected chi connectivity index (χ2v) is 9.77. The fourth-order valence-electron chi connectivity index (χ4n) is 4.24. The van der Waals surface area contributed by atoms with Gasteiger partial charge in [-0.3, -0.25) is 4.79 Å². The monoisotopic (exact) mass is 549 g/mol. The van der Waals surface area contributed by atoms with Gasteiger partial charge in [0.1, 0.15) is 17.5 Å². The summed E-state index contributed by atoms with van der Waals surface area (Å²) in [7, 11) is 5.79. The highest BCUT2D eigenvalue weighted by Gasteiger charge is 2.20. The number of nitrogens with two attached hydrogens (primary N) is 1. The summed E-state index contributed by atoms with van der Waals surface area (Å²) in [5.74, 6) is -1.32. The van der Waals surface area contributed by atoms with Gasteiger partial charge in [-0.1, -0.05) is 6.08 Å². The minimum atomic E-state index is -0.618. The maximum absolute atomic E-state index is 15.0. The summed E-state index contributed by atoms with van der Waals surface area (Å²) in [4.78, 5) is 27.1. The quantitative estimate of drug-likeness (QED) is 0.236. The van der Waals surface area contributed by atoms with Crippen LogP contribution in [0.2, 0.25) is 0 Å². The zero-order chi connectivity index (χ0) is 28.8. The van der Waals surface area contributed by atoms with Gasteiger partial charge in [0.05, 0.1) is 16.9 Å². The van der Waals surface area contributed by atoms with E-state index in [1.165, 1.54) is 30.3 Å². The van der Waals surface area contributed by atoms with E-state index in [0.717, 1.165) is 19.3 Å². The lowest BCUT2D eigenvalue weighted by Crippen LogP contribution is -2.44. The van der Waals surface area contributed by atoms with Gasteiger partial charge in [-0.15, -0.1) is 0 Å². The molecule has 0 aliphatic carbocycles. The standard InChI is InChI=1S/C28H33F2N9O/c1-37(2)10-4-5-25(40)33-18-6-8-22(29)20(15-18)26-21(17-31)27(32)36-28(35-26)34-19-7-9-23(30)24(16-19)39-13-11-38(3)12-14-39/h4-9,15-17,31H,10-14H2,1-3H3,(H,33,40)(H3,32,34,35,36)/b5-4+,31-17?. The van der Waals surface area contributed by atoms with Gasteiger partial charge in [0.2, 0.25) is 11.9 Å². The molecule has 40 heavy (non-hydrogen) atoms. The van der Waals surface area contributed by atoms with Gasteiger partial charge in [0.15, 0.2) is 0 Å². The predicted octanol–water partition coefficient (Wildman–Crippen LogP) is 3.55. The fraction of sp³-hybridized carbons (Fsp3) is 0.286. The van der Waals surface area contributed by atoms with Crippen LogP contribution in [-0.4, -0.2) is 85.8 Å². The van der Waals surface area contributed by atoms with E-state index in [2.05, 4.69) is 25.5 Å². The van der Waals surface area contributed by atoms with Crippen LogP contribution < -0.4 is 21.3 Å². The topological polar surface area (TPSA) is 126 Å². The van der Waals surface area contributed by atoms with Gasteiger partial charge >= 0.3 is 0 Å². The summed E-state index contributed by atoms with van der Waals surface area (Å²) in [5.41, 5.74) is 7.68. The molecule has 1 aliphatic heterocycles. The second-order valence-electron chi connectivity index (χ2n) is 9.77. The number of hydrogen-bond acceptors (Lipinski definition) is 9. The maximum Gasteiger partial charge on any atom is 0.248 e. The molecule has 210 valence electrons. The Balaban J connectivity index is 1.63. The van der Waals surface area contributed by atoms with Crippen LogP contribution in [0.5, 0.6) is 0 Å². The van der Waals surface area contributed by atoms with Gasteiger partial charge in [-0.25, -0.2) is 13.8 Å². The molecule has 2 aromatic carbocycles. The van der Waals surface area contributed by atoms with Crippen LogP contribution in [0.3, 0.4) is 0 Å². The third-order valence-electron chi connectivity index (χ3n) is 6.39. The van der Waals surface area contributed by atoms with Crippen LogP contribution >= 0.6 is 0 Å². The molecule has 3 aromatic rings. The molecule has 1 saturated heterocycles. The molecule has 0 spiro atoms. The number of carbonyl (C=O) groups excluding carboxylic acids is 1. The number of carbonyl (C=O) groups is 1. The zero-order valence-electron chi connectivity index (χ0n) is 22.7. The smallest absolute Gasteiger partial charge is 0.248 e. The highest BCUT2D eigenvalue weighted by molar-refractivity contribution is 6.00. The number of anilines is 5. The summed E-state index contributed by atoms with van der Waals surface area (Å²) < 4.78 is 29.7. The van der Waals surface area contributed by atoms with E-state index < -0.39 is 5.82 Å². The average Bonchev–Trinajstić information content (AvgIpc) is 2.91. The predicted molar refractivity (Wildman–Crippen MR) is 155 cm³/mol. The summed E-state index contributed by atoms with van der Waals surface area (Å²) in [6.45, 7) is 3.61. The number of hydrogen-bond donors (Lipinski definition) is 4. The normalized spacial score (nSPS) is 14.1. The van der Waals surface area contributed by atoms with E-state index in [1.807, 2.05) is 30.9 Å². The van der Waals surface area contributed by atoms with E-state index in [1.54, 1.807) is 18.2 Å². The number of aromatic nitrogens is 2. The van der Waals surface area contributed by atoms with Gasteiger partial charge < -0.3 is 36.5 Å². The third kappa shape index (κ3) is 6.96. The minimum Gasteiger partial charge on any atom is -0.383 e. The van der Waals surface area contributed by atoms with E-state index in [-0.39, 0.29) is 40.3 Å². The van der Waals surface area contributed by atoms with Crippen molar-refractivity contribution in [3.05, 3.63) is 65.7 Å². The largest absolute Gasteiger partial charge is 0.383 e. The fourth-order valence-corrected chi connectivity index (χ4v) is 4.24. The minimum absolute atomic E-state index is 0.0305. The molecule has 1 aromatic heterocycles. The van der Waals surface area contributed by atoms with Crippen molar-refractivity contribution in [2.75, 3.05) is 75.1 Å². The highest BCUT2D eigenvalue weighted by atomic mass is 19.1. The summed E-state index contributed by atoms with van der Waals surface area (Å²) in [6.07, 6.45) is 4.06. The number of amides is 1. The second kappa shape index (κ2) is 12.6. The number of halogens is 2. The lowest BCUT2D eigenvalue weighted by Gasteiger charge is -2.34. The molecule has 0 unspecified atom stereocenters. The lowest BCUT2D eigenvalue weighted by molar-refractivity contribution is -0.111. The molecular formula is C28H33F2N9O. The number of piperazine rings is 1. The first-order valence-corrected chi connectivity index (χ1v) is 12.7. The van der Waals surface area contributed by atoms with Crippen molar-refractivity contribution in [1.29, 1.82) is 5.41 Å². The van der Waals surface area contributed by atoms with E-state index >= 15 is 4.39 Å². The Bertz CT molecular complexity index is 1420. The molecule has 1 fully saturated rings. The van der Waals surface area contributed by atoms with Crippen molar-refractivity contribution >= 4 is 41.0 Å². The molecule has 1 amide bonds. The van der Waals surface area contributed by atoms with Crippen molar-refractivity contribution in [3.63, 3.8) is 0 Å². The molecule has 2 heterocycles. The van der Waals surface area contributed by atoms with E-state index in [4.69, 9.17) is 11.1 Å².